The molecule has 2 amide bonds. The number of piperazine rings is 1. The molecule has 0 unspecified atom stereocenters. The van der Waals surface area contributed by atoms with Gasteiger partial charge in [0.15, 0.2) is 11.5 Å². The van der Waals surface area contributed by atoms with E-state index in [4.69, 9.17) is 9.47 Å². The number of rotatable bonds is 5. The maximum Gasteiger partial charge on any atom is 0.254 e. The first-order valence-electron chi connectivity index (χ1n) is 13.3. The molecule has 1 saturated heterocycles. The summed E-state index contributed by atoms with van der Waals surface area (Å²) >= 11 is 0. The van der Waals surface area contributed by atoms with Gasteiger partial charge in [0.25, 0.3) is 5.91 Å². The molecule has 0 radical (unpaired) electrons. The summed E-state index contributed by atoms with van der Waals surface area (Å²) in [7, 11) is 3.24. The number of hydrogen-bond donors (Lipinski definition) is 0. The SMILES string of the molecule is COc1cc2c(cc1OC)[C@H]1[C@H](C(=O)N3CCN(Cc4ccccc4)CC3)c3ccccc3C(=O)N1CC2. The van der Waals surface area contributed by atoms with Crippen LogP contribution >= 0.6 is 0 Å². The van der Waals surface area contributed by atoms with E-state index in [2.05, 4.69) is 29.2 Å². The van der Waals surface area contributed by atoms with Crippen LogP contribution in [0.4, 0.5) is 0 Å². The van der Waals surface area contributed by atoms with Crippen LogP contribution in [0.2, 0.25) is 0 Å². The van der Waals surface area contributed by atoms with Crippen molar-refractivity contribution in [3.8, 4) is 11.5 Å². The molecule has 0 bridgehead atoms. The highest BCUT2D eigenvalue weighted by Gasteiger charge is 2.48. The van der Waals surface area contributed by atoms with Gasteiger partial charge in [-0.2, -0.15) is 0 Å². The maximum absolute atomic E-state index is 14.3. The molecule has 1 fully saturated rings. The molecule has 3 aromatic carbocycles. The zero-order valence-electron chi connectivity index (χ0n) is 21.9. The minimum absolute atomic E-state index is 0.0113. The molecule has 0 spiro atoms. The molecule has 0 aromatic heterocycles. The largest absolute Gasteiger partial charge is 0.493 e. The molecule has 3 aromatic rings. The summed E-state index contributed by atoms with van der Waals surface area (Å²) in [6.45, 7) is 4.44. The third-order valence-corrected chi connectivity index (χ3v) is 8.22. The Morgan fingerprint density at radius 3 is 2.26 bits per heavy atom. The topological polar surface area (TPSA) is 62.3 Å². The van der Waals surface area contributed by atoms with Crippen LogP contribution in [0.1, 0.15) is 44.6 Å². The zero-order valence-corrected chi connectivity index (χ0v) is 21.9. The van der Waals surface area contributed by atoms with Crippen molar-refractivity contribution in [2.24, 2.45) is 0 Å². The highest BCUT2D eigenvalue weighted by molar-refractivity contribution is 6.01. The fourth-order valence-corrected chi connectivity index (χ4v) is 6.28. The zero-order chi connectivity index (χ0) is 26.2. The monoisotopic (exact) mass is 511 g/mol. The molecule has 0 N–H and O–H groups in total. The van der Waals surface area contributed by atoms with E-state index in [0.29, 0.717) is 43.1 Å². The molecule has 3 heterocycles. The summed E-state index contributed by atoms with van der Waals surface area (Å²) in [5.41, 5.74) is 4.80. The average Bonchev–Trinajstić information content (AvgIpc) is 2.97. The number of nitrogens with zero attached hydrogens (tertiary/aromatic N) is 3. The number of amides is 2. The molecule has 7 heteroatoms. The third kappa shape index (κ3) is 4.21. The van der Waals surface area contributed by atoms with E-state index >= 15 is 0 Å². The van der Waals surface area contributed by atoms with Crippen LogP contribution in [0.5, 0.6) is 11.5 Å². The normalized spacial score (nSPS) is 20.8. The first kappa shape index (κ1) is 24.5. The standard InChI is InChI=1S/C31H33N3O4/c1-37-26-18-22-12-13-34-29(25(22)19-27(26)38-2)28(23-10-6-7-11-24(23)30(34)35)31(36)33-16-14-32(15-17-33)20-21-8-4-3-5-9-21/h3-11,18-19,28-29H,12-17,20H2,1-2H3/t28-,29+/m1/s1. The Morgan fingerprint density at radius 1 is 0.842 bits per heavy atom. The van der Waals surface area contributed by atoms with Crippen molar-refractivity contribution in [1.82, 2.24) is 14.7 Å². The number of ether oxygens (including phenoxy) is 2. The van der Waals surface area contributed by atoms with Crippen molar-refractivity contribution in [2.75, 3.05) is 46.9 Å². The van der Waals surface area contributed by atoms with Crippen LogP contribution in [0.25, 0.3) is 0 Å². The van der Waals surface area contributed by atoms with Crippen LogP contribution in [0.3, 0.4) is 0 Å². The van der Waals surface area contributed by atoms with E-state index in [1.54, 1.807) is 14.2 Å². The second kappa shape index (κ2) is 10.1. The lowest BCUT2D eigenvalue weighted by atomic mass is 9.75. The van der Waals surface area contributed by atoms with Crippen LogP contribution in [0, 0.1) is 0 Å². The fourth-order valence-electron chi connectivity index (χ4n) is 6.28. The van der Waals surface area contributed by atoms with Crippen LogP contribution in [-0.4, -0.2) is 73.5 Å². The van der Waals surface area contributed by atoms with Crippen molar-refractivity contribution in [1.29, 1.82) is 0 Å². The van der Waals surface area contributed by atoms with Gasteiger partial charge in [0, 0.05) is 44.8 Å². The molecular formula is C31H33N3O4. The molecule has 196 valence electrons. The summed E-state index contributed by atoms with van der Waals surface area (Å²) in [6, 6.07) is 21.7. The summed E-state index contributed by atoms with van der Waals surface area (Å²) in [4.78, 5) is 34.3. The Morgan fingerprint density at radius 2 is 1.53 bits per heavy atom. The molecule has 38 heavy (non-hydrogen) atoms. The van der Waals surface area contributed by atoms with E-state index in [9.17, 15) is 9.59 Å². The van der Waals surface area contributed by atoms with Gasteiger partial charge in [-0.3, -0.25) is 14.5 Å². The van der Waals surface area contributed by atoms with Gasteiger partial charge in [-0.25, -0.2) is 0 Å². The molecule has 6 rings (SSSR count). The first-order chi connectivity index (χ1) is 18.6. The first-order valence-corrected chi connectivity index (χ1v) is 13.3. The van der Waals surface area contributed by atoms with Gasteiger partial charge >= 0.3 is 0 Å². The lowest BCUT2D eigenvalue weighted by Gasteiger charge is -2.47. The van der Waals surface area contributed by atoms with Crippen LogP contribution in [0.15, 0.2) is 66.7 Å². The molecule has 3 aliphatic rings. The summed E-state index contributed by atoms with van der Waals surface area (Å²) in [6.07, 6.45) is 0.708. The van der Waals surface area contributed by atoms with Gasteiger partial charge in [-0.05, 0) is 46.9 Å². The molecule has 3 aliphatic heterocycles. The summed E-state index contributed by atoms with van der Waals surface area (Å²) in [5, 5.41) is 0. The van der Waals surface area contributed by atoms with Gasteiger partial charge in [-0.1, -0.05) is 48.5 Å². The molecule has 7 nitrogen and oxygen atoms in total. The van der Waals surface area contributed by atoms with Crippen molar-refractivity contribution in [2.45, 2.75) is 24.9 Å². The van der Waals surface area contributed by atoms with Gasteiger partial charge in [0.2, 0.25) is 5.91 Å². The quantitative estimate of drug-likeness (QED) is 0.520. The highest BCUT2D eigenvalue weighted by Crippen LogP contribution is 2.48. The van der Waals surface area contributed by atoms with Gasteiger partial charge in [0.1, 0.15) is 0 Å². The maximum atomic E-state index is 14.3. The number of hydrogen-bond acceptors (Lipinski definition) is 5. The summed E-state index contributed by atoms with van der Waals surface area (Å²) < 4.78 is 11.2. The highest BCUT2D eigenvalue weighted by atomic mass is 16.5. The van der Waals surface area contributed by atoms with E-state index in [0.717, 1.165) is 36.3 Å². The Labute approximate surface area is 223 Å². The Hall–Kier alpha value is -3.84. The van der Waals surface area contributed by atoms with Crippen molar-refractivity contribution >= 4 is 11.8 Å². The molecular weight excluding hydrogens is 478 g/mol. The molecule has 2 atom stereocenters. The Balaban J connectivity index is 1.33. The number of carbonyl (C=O) groups excluding carboxylic acids is 2. The average molecular weight is 512 g/mol. The lowest BCUT2D eigenvalue weighted by molar-refractivity contribution is -0.136. The van der Waals surface area contributed by atoms with E-state index in [-0.39, 0.29) is 17.9 Å². The summed E-state index contributed by atoms with van der Waals surface area (Å²) in [5.74, 6) is 0.881. The van der Waals surface area contributed by atoms with Crippen molar-refractivity contribution in [3.63, 3.8) is 0 Å². The minimum atomic E-state index is -0.471. The van der Waals surface area contributed by atoms with Crippen LogP contribution < -0.4 is 9.47 Å². The number of fused-ring (bicyclic) bond motifs is 4. The van der Waals surface area contributed by atoms with E-state index < -0.39 is 5.92 Å². The Bertz CT molecular complexity index is 1350. The lowest BCUT2D eigenvalue weighted by Crippen LogP contribution is -2.54. The van der Waals surface area contributed by atoms with E-state index in [1.807, 2.05) is 52.3 Å². The van der Waals surface area contributed by atoms with Crippen molar-refractivity contribution < 1.29 is 19.1 Å². The van der Waals surface area contributed by atoms with Gasteiger partial charge in [-0.15, -0.1) is 0 Å². The molecule has 0 saturated carbocycles. The predicted octanol–water partition coefficient (Wildman–Crippen LogP) is 3.89. The van der Waals surface area contributed by atoms with Gasteiger partial charge < -0.3 is 19.3 Å². The minimum Gasteiger partial charge on any atom is -0.493 e. The number of methoxy groups -OCH3 is 2. The number of benzene rings is 3. The van der Waals surface area contributed by atoms with Crippen molar-refractivity contribution in [3.05, 3.63) is 94.5 Å². The van der Waals surface area contributed by atoms with E-state index in [1.165, 1.54) is 5.56 Å². The third-order valence-electron chi connectivity index (χ3n) is 8.22. The fraction of sp³-hybridized carbons (Fsp3) is 0.355. The van der Waals surface area contributed by atoms with Crippen LogP contribution in [-0.2, 0) is 17.8 Å². The smallest absolute Gasteiger partial charge is 0.254 e. The Kier molecular flexibility index (Phi) is 6.54. The second-order valence-corrected chi connectivity index (χ2v) is 10.3. The van der Waals surface area contributed by atoms with Gasteiger partial charge in [0.05, 0.1) is 26.2 Å². The number of carbonyl (C=O) groups is 2. The predicted molar refractivity (Wildman–Crippen MR) is 145 cm³/mol. The second-order valence-electron chi connectivity index (χ2n) is 10.3. The molecule has 0 aliphatic carbocycles.